The van der Waals surface area contributed by atoms with E-state index in [1.165, 1.54) is 5.56 Å². The van der Waals surface area contributed by atoms with Crippen LogP contribution in [-0.2, 0) is 5.41 Å². The van der Waals surface area contributed by atoms with Crippen LogP contribution in [0.25, 0.3) is 21.5 Å². The molecule has 0 radical (unpaired) electrons. The van der Waals surface area contributed by atoms with E-state index in [1.807, 2.05) is 12.1 Å². The summed E-state index contributed by atoms with van der Waals surface area (Å²) in [5.74, 6) is 1.81. The van der Waals surface area contributed by atoms with E-state index in [9.17, 15) is 0 Å². The third-order valence-electron chi connectivity index (χ3n) is 6.92. The lowest BCUT2D eigenvalue weighted by Gasteiger charge is -2.25. The molecule has 2 unspecified atom stereocenters. The summed E-state index contributed by atoms with van der Waals surface area (Å²) in [7, 11) is 0. The maximum atomic E-state index is 6.78. The topological polar surface area (TPSA) is 18.5 Å². The molecule has 0 N–H and O–H groups in total. The zero-order valence-electron chi connectivity index (χ0n) is 21.8. The van der Waals surface area contributed by atoms with Crippen LogP contribution in [-0.4, -0.2) is 0 Å². The monoisotopic (exact) mass is 474 g/mol. The number of ether oxygens (including phenoxy) is 2. The summed E-state index contributed by atoms with van der Waals surface area (Å²) >= 11 is 0. The molecule has 0 heterocycles. The van der Waals surface area contributed by atoms with E-state index in [4.69, 9.17) is 9.47 Å². The minimum Gasteiger partial charge on any atom is -0.485 e. The van der Waals surface area contributed by atoms with Gasteiger partial charge in [0, 0.05) is 21.5 Å². The fourth-order valence-electron chi connectivity index (χ4n) is 4.76. The summed E-state index contributed by atoms with van der Waals surface area (Å²) in [6.45, 7) is 11.0. The average molecular weight is 475 g/mol. The van der Waals surface area contributed by atoms with E-state index in [1.54, 1.807) is 0 Å². The Morgan fingerprint density at radius 2 is 0.917 bits per heavy atom. The first kappa shape index (κ1) is 23.9. The molecule has 5 aromatic carbocycles. The first-order chi connectivity index (χ1) is 17.3. The van der Waals surface area contributed by atoms with Crippen molar-refractivity contribution in [3.8, 4) is 11.5 Å². The second-order valence-electron chi connectivity index (χ2n) is 10.6. The molecule has 36 heavy (non-hydrogen) atoms. The summed E-state index contributed by atoms with van der Waals surface area (Å²) in [4.78, 5) is 0. The molecule has 0 fully saturated rings. The van der Waals surface area contributed by atoms with Gasteiger partial charge in [-0.05, 0) is 42.0 Å². The van der Waals surface area contributed by atoms with Gasteiger partial charge in [-0.15, -0.1) is 0 Å². The number of hydrogen-bond acceptors (Lipinski definition) is 2. The highest BCUT2D eigenvalue weighted by molar-refractivity contribution is 6.11. The number of fused-ring (bicyclic) bond motifs is 2. The summed E-state index contributed by atoms with van der Waals surface area (Å²) in [5.41, 5.74) is 3.59. The Morgan fingerprint density at radius 1 is 0.500 bits per heavy atom. The van der Waals surface area contributed by atoms with Gasteiger partial charge in [-0.1, -0.05) is 118 Å². The summed E-state index contributed by atoms with van der Waals surface area (Å²) in [6, 6.07) is 35.9. The van der Waals surface area contributed by atoms with Crippen molar-refractivity contribution in [3.05, 3.63) is 120 Å². The highest BCUT2D eigenvalue weighted by atomic mass is 16.5. The van der Waals surface area contributed by atoms with Gasteiger partial charge >= 0.3 is 0 Å². The Labute approximate surface area is 214 Å². The van der Waals surface area contributed by atoms with Gasteiger partial charge in [0.1, 0.15) is 23.7 Å². The van der Waals surface area contributed by atoms with Gasteiger partial charge in [-0.25, -0.2) is 0 Å². The minimum absolute atomic E-state index is 0.0144. The van der Waals surface area contributed by atoms with Crippen molar-refractivity contribution in [1.82, 2.24) is 0 Å². The van der Waals surface area contributed by atoms with Crippen LogP contribution in [0.1, 0.15) is 63.5 Å². The van der Waals surface area contributed by atoms with Crippen molar-refractivity contribution < 1.29 is 9.47 Å². The number of benzene rings is 5. The van der Waals surface area contributed by atoms with Crippen LogP contribution in [0.5, 0.6) is 11.5 Å². The van der Waals surface area contributed by atoms with Crippen LogP contribution >= 0.6 is 0 Å². The van der Waals surface area contributed by atoms with Crippen molar-refractivity contribution in [2.24, 2.45) is 0 Å². The maximum absolute atomic E-state index is 6.78. The molecule has 5 aromatic rings. The van der Waals surface area contributed by atoms with E-state index in [0.29, 0.717) is 0 Å². The molecule has 0 aliphatic carbocycles. The Hall–Kier alpha value is -3.78. The second-order valence-corrected chi connectivity index (χ2v) is 10.6. The van der Waals surface area contributed by atoms with E-state index in [-0.39, 0.29) is 17.6 Å². The predicted molar refractivity (Wildman–Crippen MR) is 151 cm³/mol. The molecular formula is C34H34O2. The third-order valence-corrected chi connectivity index (χ3v) is 6.92. The zero-order valence-corrected chi connectivity index (χ0v) is 21.8. The Morgan fingerprint density at radius 3 is 1.39 bits per heavy atom. The van der Waals surface area contributed by atoms with E-state index in [2.05, 4.69) is 126 Å². The predicted octanol–water partition coefficient (Wildman–Crippen LogP) is 9.57. The van der Waals surface area contributed by atoms with Crippen LogP contribution < -0.4 is 9.47 Å². The van der Waals surface area contributed by atoms with Crippen molar-refractivity contribution in [2.75, 3.05) is 0 Å². The largest absolute Gasteiger partial charge is 0.485 e. The van der Waals surface area contributed by atoms with Crippen LogP contribution in [0.2, 0.25) is 0 Å². The fraction of sp³-hybridized carbons (Fsp3) is 0.235. The average Bonchev–Trinajstić information content (AvgIpc) is 2.90. The fourth-order valence-corrected chi connectivity index (χ4v) is 4.76. The smallest absolute Gasteiger partial charge is 0.136 e. The normalized spacial score (nSPS) is 13.5. The van der Waals surface area contributed by atoms with Crippen molar-refractivity contribution in [2.45, 2.75) is 52.2 Å². The Bertz CT molecular complexity index is 1480. The molecule has 182 valence electrons. The van der Waals surface area contributed by atoms with Crippen LogP contribution in [0.3, 0.4) is 0 Å². The number of rotatable bonds is 6. The van der Waals surface area contributed by atoms with E-state index >= 15 is 0 Å². The first-order valence-corrected chi connectivity index (χ1v) is 12.7. The second kappa shape index (κ2) is 9.70. The van der Waals surface area contributed by atoms with Crippen molar-refractivity contribution in [1.29, 1.82) is 0 Å². The molecular weight excluding hydrogens is 440 g/mol. The summed E-state index contributed by atoms with van der Waals surface area (Å²) in [5, 5.41) is 4.28. The van der Waals surface area contributed by atoms with E-state index in [0.717, 1.165) is 44.2 Å². The lowest BCUT2D eigenvalue weighted by molar-refractivity contribution is 0.228. The van der Waals surface area contributed by atoms with Crippen LogP contribution in [0.4, 0.5) is 0 Å². The number of hydrogen-bond donors (Lipinski definition) is 0. The summed E-state index contributed by atoms with van der Waals surface area (Å²) in [6.07, 6.45) is -0.179. The molecule has 0 aliphatic rings. The van der Waals surface area contributed by atoms with Gasteiger partial charge in [-0.3, -0.25) is 0 Å². The Kier molecular flexibility index (Phi) is 6.45. The molecule has 0 bridgehead atoms. The third kappa shape index (κ3) is 4.68. The van der Waals surface area contributed by atoms with Gasteiger partial charge in [0.2, 0.25) is 0 Å². The highest BCUT2D eigenvalue weighted by Gasteiger charge is 2.22. The first-order valence-electron chi connectivity index (χ1n) is 12.7. The van der Waals surface area contributed by atoms with Gasteiger partial charge in [-0.2, -0.15) is 0 Å². The lowest BCUT2D eigenvalue weighted by Crippen LogP contribution is -2.11. The van der Waals surface area contributed by atoms with Crippen molar-refractivity contribution in [3.63, 3.8) is 0 Å². The standard InChI is InChI=1S/C34H34O2/c1-23(25-14-8-6-9-15-25)35-32-28-18-12-13-19-29(28)33(36-24(2)26-16-10-7-11-17-26)31-22-27(34(3,4)5)20-21-30(31)32/h6-24H,1-5H3. The Balaban J connectivity index is 1.73. The highest BCUT2D eigenvalue weighted by Crippen LogP contribution is 2.46. The summed E-state index contributed by atoms with van der Waals surface area (Å²) < 4.78 is 13.5. The van der Waals surface area contributed by atoms with Gasteiger partial charge in [0.25, 0.3) is 0 Å². The van der Waals surface area contributed by atoms with E-state index < -0.39 is 0 Å². The molecule has 0 aliphatic heterocycles. The lowest BCUT2D eigenvalue weighted by atomic mass is 9.85. The molecule has 2 heteroatoms. The van der Waals surface area contributed by atoms with Gasteiger partial charge in [0.15, 0.2) is 0 Å². The van der Waals surface area contributed by atoms with Crippen molar-refractivity contribution >= 4 is 21.5 Å². The molecule has 0 spiro atoms. The molecule has 2 nitrogen and oxygen atoms in total. The van der Waals surface area contributed by atoms with Crippen LogP contribution in [0.15, 0.2) is 103 Å². The minimum atomic E-state index is -0.0916. The van der Waals surface area contributed by atoms with Gasteiger partial charge < -0.3 is 9.47 Å². The molecule has 5 rings (SSSR count). The maximum Gasteiger partial charge on any atom is 0.136 e. The molecule has 0 saturated heterocycles. The van der Waals surface area contributed by atoms with Crippen LogP contribution in [0, 0.1) is 0 Å². The molecule has 2 atom stereocenters. The molecule has 0 saturated carbocycles. The molecule has 0 amide bonds. The van der Waals surface area contributed by atoms with Gasteiger partial charge in [0.05, 0.1) is 0 Å². The SMILES string of the molecule is CC(Oc1c2ccccc2c(OC(C)c2ccccc2)c2cc(C(C)(C)C)ccc12)c1ccccc1. The quantitative estimate of drug-likeness (QED) is 0.228. The molecule has 0 aromatic heterocycles. The zero-order chi connectivity index (χ0) is 25.3.